The maximum Gasteiger partial charge on any atom is 0.229 e. The third-order valence-corrected chi connectivity index (χ3v) is 4.69. The van der Waals surface area contributed by atoms with E-state index in [1.165, 1.54) is 5.56 Å². The molecule has 0 radical (unpaired) electrons. The van der Waals surface area contributed by atoms with Crippen molar-refractivity contribution in [1.29, 1.82) is 0 Å². The number of hydrogen-bond donors (Lipinski definition) is 3. The van der Waals surface area contributed by atoms with Gasteiger partial charge in [0.05, 0.1) is 19.8 Å². The topological polar surface area (TPSA) is 102 Å². The van der Waals surface area contributed by atoms with E-state index in [-0.39, 0.29) is 6.61 Å². The van der Waals surface area contributed by atoms with E-state index in [4.69, 9.17) is 9.72 Å². The van der Waals surface area contributed by atoms with Crippen LogP contribution in [0.3, 0.4) is 0 Å². The Hall–Kier alpha value is -2.91. The summed E-state index contributed by atoms with van der Waals surface area (Å²) >= 11 is 0. The Morgan fingerprint density at radius 1 is 1.25 bits per heavy atom. The van der Waals surface area contributed by atoms with Crippen molar-refractivity contribution in [3.63, 3.8) is 0 Å². The summed E-state index contributed by atoms with van der Waals surface area (Å²) in [6.45, 7) is 5.38. The van der Waals surface area contributed by atoms with Crippen LogP contribution < -0.4 is 15.1 Å². The predicted molar refractivity (Wildman–Crippen MR) is 110 cm³/mol. The molecule has 0 atom stereocenters. The van der Waals surface area contributed by atoms with E-state index in [2.05, 4.69) is 44.2 Å². The lowest BCUT2D eigenvalue weighted by molar-refractivity contribution is 0.122. The smallest absolute Gasteiger partial charge is 0.229 e. The first-order chi connectivity index (χ1) is 13.6. The molecule has 148 valence electrons. The number of benzene rings is 1. The normalized spacial score (nSPS) is 14.5. The van der Waals surface area contributed by atoms with Crippen molar-refractivity contribution < 1.29 is 9.84 Å². The van der Waals surface area contributed by atoms with Crippen molar-refractivity contribution in [2.75, 3.05) is 61.6 Å². The standard InChI is InChI=1S/C19H25N7O2/c1-13-4-3-5-14(12-13)20-18-21-15-16(22-18)23-19(25(2)6-9-27)24-17(15)26-7-10-28-11-8-26/h3-5,12,27H,6-11H2,1-2H3,(H2,20,21,22,23,24). The number of rotatable bonds is 6. The predicted octanol–water partition coefficient (Wildman–Crippen LogP) is 1.67. The second kappa shape index (κ2) is 7.99. The molecule has 9 heteroatoms. The number of anilines is 4. The Morgan fingerprint density at radius 2 is 2.07 bits per heavy atom. The van der Waals surface area contributed by atoms with Gasteiger partial charge in [-0.05, 0) is 24.6 Å². The number of hydrogen-bond acceptors (Lipinski definition) is 8. The molecule has 1 fully saturated rings. The van der Waals surface area contributed by atoms with Gasteiger partial charge in [0.2, 0.25) is 11.9 Å². The van der Waals surface area contributed by atoms with Gasteiger partial charge in [-0.2, -0.15) is 15.0 Å². The van der Waals surface area contributed by atoms with Crippen molar-refractivity contribution in [3.05, 3.63) is 29.8 Å². The molecule has 28 heavy (non-hydrogen) atoms. The van der Waals surface area contributed by atoms with E-state index in [1.807, 2.05) is 24.1 Å². The van der Waals surface area contributed by atoms with Gasteiger partial charge in [-0.1, -0.05) is 12.1 Å². The quantitative estimate of drug-likeness (QED) is 0.591. The van der Waals surface area contributed by atoms with Crippen LogP contribution in [0.15, 0.2) is 24.3 Å². The Bertz CT molecular complexity index is 953. The van der Waals surface area contributed by atoms with E-state index < -0.39 is 0 Å². The molecule has 4 rings (SSSR count). The zero-order valence-electron chi connectivity index (χ0n) is 16.1. The fourth-order valence-corrected chi connectivity index (χ4v) is 3.21. The number of nitrogens with zero attached hydrogens (tertiary/aromatic N) is 5. The van der Waals surface area contributed by atoms with Crippen LogP contribution in [0.5, 0.6) is 0 Å². The second-order valence-electron chi connectivity index (χ2n) is 6.87. The lowest BCUT2D eigenvalue weighted by Gasteiger charge is -2.28. The van der Waals surface area contributed by atoms with Crippen LogP contribution in [0.25, 0.3) is 11.2 Å². The number of H-pyrrole nitrogens is 1. The highest BCUT2D eigenvalue weighted by Gasteiger charge is 2.21. The molecule has 0 saturated carbocycles. The Morgan fingerprint density at radius 3 is 2.82 bits per heavy atom. The summed E-state index contributed by atoms with van der Waals surface area (Å²) in [7, 11) is 1.86. The molecule has 1 aromatic carbocycles. The molecular weight excluding hydrogens is 358 g/mol. The molecule has 0 spiro atoms. The molecule has 1 aliphatic rings. The minimum absolute atomic E-state index is 0.0332. The molecule has 1 aliphatic heterocycles. The van der Waals surface area contributed by atoms with Gasteiger partial charge in [-0.15, -0.1) is 0 Å². The van der Waals surface area contributed by atoms with Crippen molar-refractivity contribution >= 4 is 34.6 Å². The van der Waals surface area contributed by atoms with Crippen LogP contribution >= 0.6 is 0 Å². The summed E-state index contributed by atoms with van der Waals surface area (Å²) in [6, 6.07) is 8.10. The minimum atomic E-state index is 0.0332. The first kappa shape index (κ1) is 18.5. The van der Waals surface area contributed by atoms with Crippen molar-refractivity contribution in [3.8, 4) is 0 Å². The summed E-state index contributed by atoms with van der Waals surface area (Å²) in [6.07, 6.45) is 0. The zero-order chi connectivity index (χ0) is 19.5. The highest BCUT2D eigenvalue weighted by atomic mass is 16.5. The molecule has 0 unspecified atom stereocenters. The molecule has 3 N–H and O–H groups in total. The number of aromatic nitrogens is 4. The molecule has 3 heterocycles. The third-order valence-electron chi connectivity index (χ3n) is 4.69. The average Bonchev–Trinajstić information content (AvgIpc) is 3.10. The van der Waals surface area contributed by atoms with Gasteiger partial charge in [0, 0.05) is 32.4 Å². The summed E-state index contributed by atoms with van der Waals surface area (Å²) < 4.78 is 5.48. The van der Waals surface area contributed by atoms with Gasteiger partial charge in [-0.25, -0.2) is 0 Å². The lowest BCUT2D eigenvalue weighted by Crippen LogP contribution is -2.37. The molecule has 2 aromatic heterocycles. The Balaban J connectivity index is 1.74. The van der Waals surface area contributed by atoms with Gasteiger partial charge in [0.25, 0.3) is 0 Å². The van der Waals surface area contributed by atoms with Gasteiger partial charge in [-0.3, -0.25) is 0 Å². The van der Waals surface area contributed by atoms with E-state index in [0.717, 1.165) is 30.1 Å². The summed E-state index contributed by atoms with van der Waals surface area (Å²) in [5.41, 5.74) is 3.50. The van der Waals surface area contributed by atoms with E-state index in [9.17, 15) is 5.11 Å². The number of ether oxygens (including phenoxy) is 1. The number of aryl methyl sites for hydroxylation is 1. The van der Waals surface area contributed by atoms with Crippen molar-refractivity contribution in [1.82, 2.24) is 19.9 Å². The molecule has 1 saturated heterocycles. The van der Waals surface area contributed by atoms with Gasteiger partial charge >= 0.3 is 0 Å². The fourth-order valence-electron chi connectivity index (χ4n) is 3.21. The maximum absolute atomic E-state index is 9.26. The van der Waals surface area contributed by atoms with Crippen LogP contribution in [-0.2, 0) is 4.74 Å². The largest absolute Gasteiger partial charge is 0.395 e. The molecule has 9 nitrogen and oxygen atoms in total. The summed E-state index contributed by atoms with van der Waals surface area (Å²) in [5.74, 6) is 1.96. The molecule has 3 aromatic rings. The minimum Gasteiger partial charge on any atom is -0.395 e. The second-order valence-corrected chi connectivity index (χ2v) is 6.87. The first-order valence-corrected chi connectivity index (χ1v) is 9.40. The first-order valence-electron chi connectivity index (χ1n) is 9.40. The summed E-state index contributed by atoms with van der Waals surface area (Å²) in [5, 5.41) is 12.6. The SMILES string of the molecule is Cc1cccc(Nc2nc3nc(N(C)CCO)nc(N4CCOCC4)c3[nH]2)c1. The number of aliphatic hydroxyl groups is 1. The number of imidazole rings is 1. The highest BCUT2D eigenvalue weighted by Crippen LogP contribution is 2.27. The van der Waals surface area contributed by atoms with Gasteiger partial charge in [0.15, 0.2) is 11.5 Å². The molecule has 0 amide bonds. The number of fused-ring (bicyclic) bond motifs is 1. The van der Waals surface area contributed by atoms with Crippen molar-refractivity contribution in [2.24, 2.45) is 0 Å². The maximum atomic E-state index is 9.26. The van der Waals surface area contributed by atoms with Crippen molar-refractivity contribution in [2.45, 2.75) is 6.92 Å². The number of likely N-dealkylation sites (N-methyl/N-ethyl adjacent to an activating group) is 1. The highest BCUT2D eigenvalue weighted by molar-refractivity contribution is 5.87. The average molecular weight is 383 g/mol. The van der Waals surface area contributed by atoms with E-state index in [0.29, 0.717) is 37.3 Å². The number of morpholine rings is 1. The van der Waals surface area contributed by atoms with E-state index >= 15 is 0 Å². The lowest BCUT2D eigenvalue weighted by atomic mass is 10.2. The van der Waals surface area contributed by atoms with Crippen LogP contribution in [0.1, 0.15) is 5.56 Å². The molecular formula is C19H25N7O2. The van der Waals surface area contributed by atoms with Crippen LogP contribution in [0, 0.1) is 6.92 Å². The van der Waals surface area contributed by atoms with Crippen LogP contribution in [0.2, 0.25) is 0 Å². The number of nitrogens with one attached hydrogen (secondary N) is 2. The molecule has 0 aliphatic carbocycles. The number of aromatic amines is 1. The molecule has 0 bridgehead atoms. The van der Waals surface area contributed by atoms with Crippen LogP contribution in [0.4, 0.5) is 23.4 Å². The van der Waals surface area contributed by atoms with E-state index in [1.54, 1.807) is 0 Å². The van der Waals surface area contributed by atoms with Gasteiger partial charge < -0.3 is 29.9 Å². The number of aliphatic hydroxyl groups excluding tert-OH is 1. The Kier molecular flexibility index (Phi) is 5.27. The van der Waals surface area contributed by atoms with Crippen LogP contribution in [-0.4, -0.2) is 71.5 Å². The zero-order valence-corrected chi connectivity index (χ0v) is 16.1. The summed E-state index contributed by atoms with van der Waals surface area (Å²) in [4.78, 5) is 21.3. The monoisotopic (exact) mass is 383 g/mol. The fraction of sp³-hybridized carbons (Fsp3) is 0.421. The third kappa shape index (κ3) is 3.85. The Labute approximate surface area is 163 Å². The van der Waals surface area contributed by atoms with Gasteiger partial charge in [0.1, 0.15) is 5.52 Å².